The number of aliphatic hydroxyl groups excluding tert-OH is 1. The summed E-state index contributed by atoms with van der Waals surface area (Å²) < 4.78 is 11.1. The van der Waals surface area contributed by atoms with E-state index in [1.54, 1.807) is 6.92 Å². The Labute approximate surface area is 128 Å². The van der Waals surface area contributed by atoms with Crippen LogP contribution in [0.1, 0.15) is 44.9 Å². The molecule has 0 saturated carbocycles. The minimum atomic E-state index is -0.460. The van der Waals surface area contributed by atoms with Crippen molar-refractivity contribution in [2.24, 2.45) is 0 Å². The number of rotatable bonds is 10. The Morgan fingerprint density at radius 3 is 2.52 bits per heavy atom. The Morgan fingerprint density at radius 1 is 1.19 bits per heavy atom. The second-order valence-electron chi connectivity index (χ2n) is 5.04. The van der Waals surface area contributed by atoms with Gasteiger partial charge in [-0.1, -0.05) is 13.0 Å². The molecule has 0 aliphatic rings. The molecule has 1 aromatic carbocycles. The van der Waals surface area contributed by atoms with Crippen LogP contribution in [-0.4, -0.2) is 42.9 Å². The van der Waals surface area contributed by atoms with Gasteiger partial charge in [-0.15, -0.1) is 0 Å². The summed E-state index contributed by atoms with van der Waals surface area (Å²) in [6.45, 7) is 12.7. The van der Waals surface area contributed by atoms with Gasteiger partial charge in [-0.3, -0.25) is 4.90 Å². The number of ether oxygens (including phenoxy) is 2. The summed E-state index contributed by atoms with van der Waals surface area (Å²) in [7, 11) is 0. The molecular formula is C17H29NO3. The molecule has 4 nitrogen and oxygen atoms in total. The van der Waals surface area contributed by atoms with Gasteiger partial charge in [0.05, 0.1) is 19.3 Å². The zero-order chi connectivity index (χ0) is 15.7. The third kappa shape index (κ3) is 6.04. The summed E-state index contributed by atoms with van der Waals surface area (Å²) in [6, 6.07) is 5.92. The predicted octanol–water partition coefficient (Wildman–Crippen LogP) is 3.00. The maximum atomic E-state index is 9.76. The molecule has 0 saturated heterocycles. The van der Waals surface area contributed by atoms with Crippen LogP contribution in [0, 0.1) is 0 Å². The van der Waals surface area contributed by atoms with Crippen LogP contribution in [0.25, 0.3) is 0 Å². The third-order valence-corrected chi connectivity index (χ3v) is 3.46. The van der Waals surface area contributed by atoms with Crippen LogP contribution in [0.2, 0.25) is 0 Å². The lowest BCUT2D eigenvalue weighted by Crippen LogP contribution is -2.27. The number of hydrogen-bond acceptors (Lipinski definition) is 4. The van der Waals surface area contributed by atoms with E-state index in [9.17, 15) is 5.11 Å². The lowest BCUT2D eigenvalue weighted by Gasteiger charge is -2.22. The highest BCUT2D eigenvalue weighted by Gasteiger charge is 2.11. The second-order valence-corrected chi connectivity index (χ2v) is 5.04. The van der Waals surface area contributed by atoms with Gasteiger partial charge in [0.25, 0.3) is 0 Å². The highest BCUT2D eigenvalue weighted by molar-refractivity contribution is 5.38. The van der Waals surface area contributed by atoms with Crippen LogP contribution in [0.3, 0.4) is 0 Å². The van der Waals surface area contributed by atoms with Gasteiger partial charge in [-0.05, 0) is 45.0 Å². The molecule has 4 heteroatoms. The van der Waals surface area contributed by atoms with Gasteiger partial charge in [0.15, 0.2) is 0 Å². The first-order valence-corrected chi connectivity index (χ1v) is 7.86. The van der Waals surface area contributed by atoms with Crippen molar-refractivity contribution in [2.75, 3.05) is 32.9 Å². The van der Waals surface area contributed by atoms with Crippen LogP contribution in [0.5, 0.6) is 5.75 Å². The zero-order valence-corrected chi connectivity index (χ0v) is 13.8. The molecule has 0 bridgehead atoms. The van der Waals surface area contributed by atoms with E-state index in [0.717, 1.165) is 49.7 Å². The Morgan fingerprint density at radius 2 is 1.95 bits per heavy atom. The minimum Gasteiger partial charge on any atom is -0.494 e. The summed E-state index contributed by atoms with van der Waals surface area (Å²) in [5.74, 6) is 0.900. The van der Waals surface area contributed by atoms with Crippen molar-refractivity contribution >= 4 is 0 Å². The van der Waals surface area contributed by atoms with E-state index in [1.807, 2.05) is 32.0 Å². The quantitative estimate of drug-likeness (QED) is 0.674. The third-order valence-electron chi connectivity index (χ3n) is 3.46. The number of benzene rings is 1. The van der Waals surface area contributed by atoms with Crippen molar-refractivity contribution in [3.05, 3.63) is 29.3 Å². The van der Waals surface area contributed by atoms with Gasteiger partial charge in [-0.25, -0.2) is 0 Å². The molecule has 1 N–H and O–H groups in total. The van der Waals surface area contributed by atoms with E-state index in [4.69, 9.17) is 9.47 Å². The van der Waals surface area contributed by atoms with Gasteiger partial charge >= 0.3 is 0 Å². The van der Waals surface area contributed by atoms with Crippen LogP contribution in [0.4, 0.5) is 0 Å². The highest BCUT2D eigenvalue weighted by atomic mass is 16.5. The standard InChI is InChI=1S/C17H29NO3/c1-5-18(10-11-20-6-2)13-16-12-15(14(4)19)8-9-17(16)21-7-3/h8-9,12,14,19H,5-7,10-11,13H2,1-4H3. The zero-order valence-electron chi connectivity index (χ0n) is 13.8. The van der Waals surface area contributed by atoms with E-state index in [2.05, 4.69) is 11.8 Å². The molecule has 21 heavy (non-hydrogen) atoms. The molecule has 1 rings (SSSR count). The number of nitrogens with zero attached hydrogens (tertiary/aromatic N) is 1. The first-order chi connectivity index (χ1) is 10.1. The molecule has 0 radical (unpaired) electrons. The summed E-state index contributed by atoms with van der Waals surface area (Å²) in [5.41, 5.74) is 2.04. The number of aliphatic hydroxyl groups is 1. The molecule has 1 unspecified atom stereocenters. The summed E-state index contributed by atoms with van der Waals surface area (Å²) in [6.07, 6.45) is -0.460. The summed E-state index contributed by atoms with van der Waals surface area (Å²) in [5, 5.41) is 9.76. The fourth-order valence-electron chi connectivity index (χ4n) is 2.21. The van der Waals surface area contributed by atoms with Crippen molar-refractivity contribution in [1.29, 1.82) is 0 Å². The van der Waals surface area contributed by atoms with E-state index in [-0.39, 0.29) is 0 Å². The monoisotopic (exact) mass is 295 g/mol. The molecule has 0 fully saturated rings. The van der Waals surface area contributed by atoms with E-state index < -0.39 is 6.10 Å². The summed E-state index contributed by atoms with van der Waals surface area (Å²) >= 11 is 0. The van der Waals surface area contributed by atoms with Crippen molar-refractivity contribution in [3.63, 3.8) is 0 Å². The molecule has 0 aliphatic heterocycles. The number of hydrogen-bond donors (Lipinski definition) is 1. The Balaban J connectivity index is 2.83. The van der Waals surface area contributed by atoms with Crippen molar-refractivity contribution in [2.45, 2.75) is 40.3 Å². The molecule has 0 heterocycles. The lowest BCUT2D eigenvalue weighted by molar-refractivity contribution is 0.112. The fourth-order valence-corrected chi connectivity index (χ4v) is 2.21. The molecule has 1 aromatic rings. The van der Waals surface area contributed by atoms with E-state index >= 15 is 0 Å². The molecular weight excluding hydrogens is 266 g/mol. The van der Waals surface area contributed by atoms with Crippen LogP contribution >= 0.6 is 0 Å². The number of likely N-dealkylation sites (N-methyl/N-ethyl adjacent to an activating group) is 1. The maximum absolute atomic E-state index is 9.76. The van der Waals surface area contributed by atoms with Crippen LogP contribution in [0.15, 0.2) is 18.2 Å². The maximum Gasteiger partial charge on any atom is 0.123 e. The molecule has 0 aromatic heterocycles. The highest BCUT2D eigenvalue weighted by Crippen LogP contribution is 2.25. The van der Waals surface area contributed by atoms with E-state index in [1.165, 1.54) is 0 Å². The SMILES string of the molecule is CCOCCN(CC)Cc1cc(C(C)O)ccc1OCC. The Hall–Kier alpha value is -1.10. The second kappa shape index (κ2) is 9.77. The van der Waals surface area contributed by atoms with Crippen LogP contribution < -0.4 is 4.74 Å². The smallest absolute Gasteiger partial charge is 0.123 e. The average molecular weight is 295 g/mol. The van der Waals surface area contributed by atoms with Crippen molar-refractivity contribution < 1.29 is 14.6 Å². The van der Waals surface area contributed by atoms with Crippen LogP contribution in [-0.2, 0) is 11.3 Å². The fraction of sp³-hybridized carbons (Fsp3) is 0.647. The largest absolute Gasteiger partial charge is 0.494 e. The molecule has 0 spiro atoms. The normalized spacial score (nSPS) is 12.7. The molecule has 1 atom stereocenters. The first kappa shape index (κ1) is 18.0. The van der Waals surface area contributed by atoms with Gasteiger partial charge in [0, 0.05) is 25.3 Å². The first-order valence-electron chi connectivity index (χ1n) is 7.86. The van der Waals surface area contributed by atoms with Gasteiger partial charge < -0.3 is 14.6 Å². The topological polar surface area (TPSA) is 41.9 Å². The minimum absolute atomic E-state index is 0.460. The average Bonchev–Trinajstić information content (AvgIpc) is 2.48. The van der Waals surface area contributed by atoms with Gasteiger partial charge in [0.2, 0.25) is 0 Å². The molecule has 120 valence electrons. The predicted molar refractivity (Wildman–Crippen MR) is 85.7 cm³/mol. The van der Waals surface area contributed by atoms with Gasteiger partial charge in [-0.2, -0.15) is 0 Å². The van der Waals surface area contributed by atoms with Gasteiger partial charge in [0.1, 0.15) is 5.75 Å². The molecule has 0 aliphatic carbocycles. The van der Waals surface area contributed by atoms with Crippen molar-refractivity contribution in [3.8, 4) is 5.75 Å². The Bertz CT molecular complexity index is 407. The summed E-state index contributed by atoms with van der Waals surface area (Å²) in [4.78, 5) is 2.32. The lowest BCUT2D eigenvalue weighted by atomic mass is 10.1. The molecule has 0 amide bonds. The Kier molecular flexibility index (Phi) is 8.35. The van der Waals surface area contributed by atoms with Crippen molar-refractivity contribution in [1.82, 2.24) is 4.90 Å². The van der Waals surface area contributed by atoms with E-state index in [0.29, 0.717) is 6.61 Å².